The Morgan fingerprint density at radius 1 is 1.24 bits per heavy atom. The van der Waals surface area contributed by atoms with E-state index in [4.69, 9.17) is 10.5 Å². The van der Waals surface area contributed by atoms with Crippen LogP contribution in [0.15, 0.2) is 30.3 Å². The van der Waals surface area contributed by atoms with Crippen LogP contribution >= 0.6 is 0 Å². The Balaban J connectivity index is 1.82. The molecule has 0 aromatic heterocycles. The molecule has 0 aliphatic carbocycles. The van der Waals surface area contributed by atoms with Gasteiger partial charge in [-0.05, 0) is 31.5 Å². The molecule has 1 aromatic carbocycles. The predicted octanol–water partition coefficient (Wildman–Crippen LogP) is 1.93. The zero-order valence-electron chi connectivity index (χ0n) is 12.7. The number of para-hydroxylation sites is 1. The number of benzene rings is 1. The van der Waals surface area contributed by atoms with E-state index in [1.807, 2.05) is 18.2 Å². The van der Waals surface area contributed by atoms with Gasteiger partial charge in [-0.25, -0.2) is 4.79 Å². The first kappa shape index (κ1) is 15.8. The number of carbonyl (C=O) groups excluding carboxylic acids is 1. The molecule has 1 amide bonds. The summed E-state index contributed by atoms with van der Waals surface area (Å²) in [4.78, 5) is 16.3. The summed E-state index contributed by atoms with van der Waals surface area (Å²) < 4.78 is 5.37. The van der Waals surface area contributed by atoms with E-state index in [0.717, 1.165) is 32.5 Å². The highest BCUT2D eigenvalue weighted by Crippen LogP contribution is 2.14. The van der Waals surface area contributed by atoms with E-state index in [-0.39, 0.29) is 6.09 Å². The number of piperazine rings is 1. The van der Waals surface area contributed by atoms with Crippen LogP contribution in [-0.4, -0.2) is 54.7 Å². The minimum absolute atomic E-state index is 0.257. The molecule has 1 fully saturated rings. The number of rotatable bonds is 5. The van der Waals surface area contributed by atoms with Crippen LogP contribution in [0.5, 0.6) is 5.75 Å². The second-order valence-electron chi connectivity index (χ2n) is 5.34. The molecule has 0 radical (unpaired) electrons. The molecule has 116 valence electrons. The summed E-state index contributed by atoms with van der Waals surface area (Å²) in [5.41, 5.74) is 5.66. The van der Waals surface area contributed by atoms with Crippen molar-refractivity contribution >= 4 is 6.09 Å². The van der Waals surface area contributed by atoms with Gasteiger partial charge in [0.05, 0.1) is 0 Å². The van der Waals surface area contributed by atoms with Gasteiger partial charge in [-0.2, -0.15) is 0 Å². The van der Waals surface area contributed by atoms with Crippen molar-refractivity contribution in [2.45, 2.75) is 25.8 Å². The number of hydrogen-bond acceptors (Lipinski definition) is 4. The van der Waals surface area contributed by atoms with Gasteiger partial charge in [0.2, 0.25) is 0 Å². The average molecular weight is 291 g/mol. The molecule has 5 nitrogen and oxygen atoms in total. The molecule has 1 saturated heterocycles. The second-order valence-corrected chi connectivity index (χ2v) is 5.34. The molecule has 2 N–H and O–H groups in total. The highest BCUT2D eigenvalue weighted by atomic mass is 16.6. The fraction of sp³-hybridized carbons (Fsp3) is 0.562. The Labute approximate surface area is 126 Å². The molecule has 0 saturated carbocycles. The van der Waals surface area contributed by atoms with E-state index < -0.39 is 0 Å². The average Bonchev–Trinajstić information content (AvgIpc) is 2.54. The maximum Gasteiger partial charge on any atom is 0.415 e. The molecule has 1 heterocycles. The quantitative estimate of drug-likeness (QED) is 0.900. The number of amides is 1. The maximum atomic E-state index is 12.1. The third-order valence-corrected chi connectivity index (χ3v) is 4.01. The van der Waals surface area contributed by atoms with E-state index in [1.165, 1.54) is 0 Å². The molecule has 0 spiro atoms. The van der Waals surface area contributed by atoms with Crippen LogP contribution in [0.1, 0.15) is 19.8 Å². The number of ether oxygens (including phenoxy) is 1. The van der Waals surface area contributed by atoms with E-state index in [1.54, 1.807) is 17.0 Å². The van der Waals surface area contributed by atoms with Crippen LogP contribution in [0.2, 0.25) is 0 Å². The van der Waals surface area contributed by atoms with Crippen LogP contribution in [0, 0.1) is 0 Å². The molecular formula is C16H25N3O2. The van der Waals surface area contributed by atoms with E-state index in [0.29, 0.717) is 24.9 Å². The molecule has 1 unspecified atom stereocenters. The fourth-order valence-corrected chi connectivity index (χ4v) is 2.76. The predicted molar refractivity (Wildman–Crippen MR) is 83.4 cm³/mol. The lowest BCUT2D eigenvalue weighted by Gasteiger charge is -2.38. The minimum atomic E-state index is -0.257. The molecule has 1 aromatic rings. The first-order valence-electron chi connectivity index (χ1n) is 7.70. The fourth-order valence-electron chi connectivity index (χ4n) is 2.76. The lowest BCUT2D eigenvalue weighted by molar-refractivity contribution is 0.0853. The monoisotopic (exact) mass is 291 g/mol. The first-order valence-corrected chi connectivity index (χ1v) is 7.70. The van der Waals surface area contributed by atoms with Crippen molar-refractivity contribution < 1.29 is 9.53 Å². The van der Waals surface area contributed by atoms with Crippen molar-refractivity contribution in [1.82, 2.24) is 9.80 Å². The van der Waals surface area contributed by atoms with Crippen LogP contribution < -0.4 is 10.5 Å². The SMILES string of the molecule is CCC(CCN)N1CCN(C(=O)Oc2ccccc2)CC1. The molecule has 2 rings (SSSR count). The Hall–Kier alpha value is -1.59. The van der Waals surface area contributed by atoms with Crippen LogP contribution in [0.4, 0.5) is 4.79 Å². The smallest absolute Gasteiger partial charge is 0.410 e. The Bertz CT molecular complexity index is 430. The van der Waals surface area contributed by atoms with E-state index >= 15 is 0 Å². The Morgan fingerprint density at radius 3 is 2.48 bits per heavy atom. The zero-order valence-corrected chi connectivity index (χ0v) is 12.7. The van der Waals surface area contributed by atoms with Crippen LogP contribution in [-0.2, 0) is 0 Å². The summed E-state index contributed by atoms with van der Waals surface area (Å²) >= 11 is 0. The van der Waals surface area contributed by atoms with Gasteiger partial charge in [-0.3, -0.25) is 4.90 Å². The Morgan fingerprint density at radius 2 is 1.90 bits per heavy atom. The third-order valence-electron chi connectivity index (χ3n) is 4.01. The van der Waals surface area contributed by atoms with Crippen molar-refractivity contribution in [2.75, 3.05) is 32.7 Å². The summed E-state index contributed by atoms with van der Waals surface area (Å²) in [6, 6.07) is 9.74. The van der Waals surface area contributed by atoms with E-state index in [9.17, 15) is 4.79 Å². The lowest BCUT2D eigenvalue weighted by atomic mass is 10.1. The van der Waals surface area contributed by atoms with Gasteiger partial charge in [-0.1, -0.05) is 25.1 Å². The number of carbonyl (C=O) groups is 1. The van der Waals surface area contributed by atoms with Gasteiger partial charge in [-0.15, -0.1) is 0 Å². The summed E-state index contributed by atoms with van der Waals surface area (Å²) in [6.07, 6.45) is 1.86. The van der Waals surface area contributed by atoms with Crippen LogP contribution in [0.3, 0.4) is 0 Å². The van der Waals surface area contributed by atoms with Gasteiger partial charge in [0, 0.05) is 32.2 Å². The van der Waals surface area contributed by atoms with Gasteiger partial charge in [0.25, 0.3) is 0 Å². The van der Waals surface area contributed by atoms with Crippen molar-refractivity contribution in [3.05, 3.63) is 30.3 Å². The molecule has 5 heteroatoms. The van der Waals surface area contributed by atoms with E-state index in [2.05, 4.69) is 11.8 Å². The summed E-state index contributed by atoms with van der Waals surface area (Å²) in [5.74, 6) is 0.597. The number of nitrogens with zero attached hydrogens (tertiary/aromatic N) is 2. The minimum Gasteiger partial charge on any atom is -0.410 e. The van der Waals surface area contributed by atoms with Crippen molar-refractivity contribution in [1.29, 1.82) is 0 Å². The number of hydrogen-bond donors (Lipinski definition) is 1. The zero-order chi connectivity index (χ0) is 15.1. The molecule has 21 heavy (non-hydrogen) atoms. The molecule has 1 aliphatic rings. The lowest BCUT2D eigenvalue weighted by Crippen LogP contribution is -2.52. The number of nitrogens with two attached hydrogens (primary N) is 1. The van der Waals surface area contributed by atoms with Crippen molar-refractivity contribution in [3.8, 4) is 5.75 Å². The molecule has 1 atom stereocenters. The van der Waals surface area contributed by atoms with Gasteiger partial charge in [0.1, 0.15) is 5.75 Å². The topological polar surface area (TPSA) is 58.8 Å². The van der Waals surface area contributed by atoms with Gasteiger partial charge >= 0.3 is 6.09 Å². The molecule has 1 aliphatic heterocycles. The summed E-state index contributed by atoms with van der Waals surface area (Å²) in [7, 11) is 0. The van der Waals surface area contributed by atoms with Crippen LogP contribution in [0.25, 0.3) is 0 Å². The molecular weight excluding hydrogens is 266 g/mol. The highest BCUT2D eigenvalue weighted by Gasteiger charge is 2.25. The maximum absolute atomic E-state index is 12.1. The normalized spacial score (nSPS) is 17.5. The second kappa shape index (κ2) is 8.00. The highest BCUT2D eigenvalue weighted by molar-refractivity contribution is 5.70. The first-order chi connectivity index (χ1) is 10.2. The largest absolute Gasteiger partial charge is 0.415 e. The Kier molecular flexibility index (Phi) is 6.02. The summed E-state index contributed by atoms with van der Waals surface area (Å²) in [5, 5.41) is 0. The van der Waals surface area contributed by atoms with Crippen molar-refractivity contribution in [2.24, 2.45) is 5.73 Å². The van der Waals surface area contributed by atoms with Gasteiger partial charge < -0.3 is 15.4 Å². The van der Waals surface area contributed by atoms with Crippen molar-refractivity contribution in [3.63, 3.8) is 0 Å². The third kappa shape index (κ3) is 4.44. The molecule has 0 bridgehead atoms. The summed E-state index contributed by atoms with van der Waals surface area (Å²) in [6.45, 7) is 6.12. The standard InChI is InChI=1S/C16H25N3O2/c1-2-14(8-9-17)18-10-12-19(13-11-18)16(20)21-15-6-4-3-5-7-15/h3-7,14H,2,8-13,17H2,1H3. The van der Waals surface area contributed by atoms with Gasteiger partial charge in [0.15, 0.2) is 0 Å².